The van der Waals surface area contributed by atoms with Crippen molar-refractivity contribution in [1.29, 1.82) is 0 Å². The summed E-state index contributed by atoms with van der Waals surface area (Å²) in [6.45, 7) is 4.87. The molecule has 3 nitrogen and oxygen atoms in total. The van der Waals surface area contributed by atoms with E-state index in [0.717, 1.165) is 12.8 Å². The van der Waals surface area contributed by atoms with Crippen LogP contribution in [-0.2, 0) is 14.3 Å². The van der Waals surface area contributed by atoms with Gasteiger partial charge in [-0.25, -0.2) is 0 Å². The molecule has 0 aromatic rings. The van der Waals surface area contributed by atoms with Crippen molar-refractivity contribution >= 4 is 5.78 Å². The van der Waals surface area contributed by atoms with Crippen LogP contribution >= 0.6 is 0 Å². The zero-order valence-electron chi connectivity index (χ0n) is 9.86. The van der Waals surface area contributed by atoms with Gasteiger partial charge < -0.3 is 9.47 Å². The monoisotopic (exact) mass is 222 g/mol. The van der Waals surface area contributed by atoms with E-state index in [9.17, 15) is 4.79 Å². The topological polar surface area (TPSA) is 35.5 Å². The minimum absolute atomic E-state index is 0.0246. The second kappa shape index (κ2) is 4.42. The first-order valence-corrected chi connectivity index (χ1v) is 5.93. The van der Waals surface area contributed by atoms with E-state index in [1.54, 1.807) is 0 Å². The lowest BCUT2D eigenvalue weighted by Crippen LogP contribution is -2.47. The van der Waals surface area contributed by atoms with E-state index in [2.05, 4.69) is 0 Å². The third-order valence-corrected chi connectivity index (χ3v) is 3.09. The van der Waals surface area contributed by atoms with Crippen LogP contribution in [0.2, 0.25) is 0 Å². The van der Waals surface area contributed by atoms with Gasteiger partial charge in [-0.2, -0.15) is 0 Å². The molecule has 0 saturated carbocycles. The Balaban J connectivity index is 2.30. The summed E-state index contributed by atoms with van der Waals surface area (Å²) in [4.78, 5) is 12.3. The summed E-state index contributed by atoms with van der Waals surface area (Å²) in [5, 5.41) is 0. The van der Waals surface area contributed by atoms with Crippen molar-refractivity contribution < 1.29 is 14.3 Å². The molecule has 0 aliphatic heterocycles. The van der Waals surface area contributed by atoms with Gasteiger partial charge in [-0.1, -0.05) is 6.08 Å². The molecule has 0 aromatic carbocycles. The lowest BCUT2D eigenvalue weighted by molar-refractivity contribution is -0.141. The highest BCUT2D eigenvalue weighted by Crippen LogP contribution is 2.38. The molecule has 2 bridgehead atoms. The van der Waals surface area contributed by atoms with E-state index >= 15 is 0 Å². The number of allylic oxidation sites excluding steroid dienone is 2. The van der Waals surface area contributed by atoms with Crippen LogP contribution in [0.15, 0.2) is 24.0 Å². The minimum Gasteiger partial charge on any atom is -0.490 e. The van der Waals surface area contributed by atoms with Gasteiger partial charge in [0.2, 0.25) is 5.78 Å². The van der Waals surface area contributed by atoms with Gasteiger partial charge in [-0.05, 0) is 44.8 Å². The number of carbonyl (C=O) groups excluding carboxylic acids is 1. The van der Waals surface area contributed by atoms with Crippen molar-refractivity contribution in [2.75, 3.05) is 13.2 Å². The minimum atomic E-state index is -0.753. The average molecular weight is 222 g/mol. The third kappa shape index (κ3) is 1.80. The van der Waals surface area contributed by atoms with Crippen molar-refractivity contribution in [3.63, 3.8) is 0 Å². The molecule has 2 rings (SSSR count). The summed E-state index contributed by atoms with van der Waals surface area (Å²) < 4.78 is 11.1. The lowest BCUT2D eigenvalue weighted by atomic mass is 9.75. The van der Waals surface area contributed by atoms with Crippen LogP contribution < -0.4 is 0 Å². The van der Waals surface area contributed by atoms with Gasteiger partial charge in [0.05, 0.1) is 6.61 Å². The van der Waals surface area contributed by atoms with E-state index in [-0.39, 0.29) is 5.78 Å². The number of ether oxygens (including phenoxy) is 2. The second-order valence-corrected chi connectivity index (χ2v) is 4.22. The number of rotatable bonds is 4. The molecule has 0 radical (unpaired) electrons. The van der Waals surface area contributed by atoms with E-state index in [4.69, 9.17) is 9.47 Å². The van der Waals surface area contributed by atoms with Gasteiger partial charge in [-0.3, -0.25) is 4.79 Å². The molecule has 16 heavy (non-hydrogen) atoms. The van der Waals surface area contributed by atoms with Crippen LogP contribution in [0.1, 0.15) is 26.7 Å². The smallest absolute Gasteiger partial charge is 0.232 e. The van der Waals surface area contributed by atoms with E-state index < -0.39 is 5.60 Å². The van der Waals surface area contributed by atoms with Crippen LogP contribution in [0, 0.1) is 5.92 Å². The summed E-state index contributed by atoms with van der Waals surface area (Å²) in [6, 6.07) is 0. The summed E-state index contributed by atoms with van der Waals surface area (Å²) in [6.07, 6.45) is 7.63. The maximum Gasteiger partial charge on any atom is 0.232 e. The van der Waals surface area contributed by atoms with E-state index in [1.807, 2.05) is 32.1 Å². The summed E-state index contributed by atoms with van der Waals surface area (Å²) in [5.41, 5.74) is -0.753. The first-order chi connectivity index (χ1) is 7.72. The standard InChI is InChI=1S/C13H18O3/c1-3-15-11-8-10-6-5-7-13(9-10,12(11)14)16-4-2/h5,7-8,10H,3-4,6,9H2,1-2H3/t10-,13+/m0/s1. The quantitative estimate of drug-likeness (QED) is 0.684. The summed E-state index contributed by atoms with van der Waals surface area (Å²) in [5.74, 6) is 0.829. The highest BCUT2D eigenvalue weighted by Gasteiger charge is 2.46. The summed E-state index contributed by atoms with van der Waals surface area (Å²) >= 11 is 0. The lowest BCUT2D eigenvalue weighted by Gasteiger charge is -2.38. The number of hydrogen-bond acceptors (Lipinski definition) is 3. The molecule has 0 amide bonds. The molecular weight excluding hydrogens is 204 g/mol. The van der Waals surface area contributed by atoms with Crippen molar-refractivity contribution in [1.82, 2.24) is 0 Å². The predicted molar refractivity (Wildman–Crippen MR) is 60.9 cm³/mol. The summed E-state index contributed by atoms with van der Waals surface area (Å²) in [7, 11) is 0. The molecule has 0 heterocycles. The Morgan fingerprint density at radius 1 is 1.44 bits per heavy atom. The molecule has 0 saturated heterocycles. The normalized spacial score (nSPS) is 32.5. The van der Waals surface area contributed by atoms with Gasteiger partial charge >= 0.3 is 0 Å². The van der Waals surface area contributed by atoms with Crippen LogP contribution in [0.3, 0.4) is 0 Å². The first-order valence-electron chi connectivity index (χ1n) is 5.93. The molecule has 2 aliphatic rings. The van der Waals surface area contributed by atoms with Crippen molar-refractivity contribution in [2.24, 2.45) is 5.92 Å². The predicted octanol–water partition coefficient (Wildman–Crippen LogP) is 2.23. The molecule has 0 fully saturated rings. The number of ketones is 1. The van der Waals surface area contributed by atoms with Crippen LogP contribution in [0.4, 0.5) is 0 Å². The fourth-order valence-electron chi connectivity index (χ4n) is 2.47. The highest BCUT2D eigenvalue weighted by molar-refractivity contribution is 6.03. The van der Waals surface area contributed by atoms with Crippen molar-refractivity contribution in [3.05, 3.63) is 24.0 Å². The Morgan fingerprint density at radius 2 is 2.25 bits per heavy atom. The maximum absolute atomic E-state index is 12.3. The molecular formula is C13H18O3. The molecule has 88 valence electrons. The number of hydrogen-bond donors (Lipinski definition) is 0. The molecule has 0 unspecified atom stereocenters. The first kappa shape index (κ1) is 11.4. The van der Waals surface area contributed by atoms with Crippen LogP contribution in [0.5, 0.6) is 0 Å². The van der Waals surface area contributed by atoms with Gasteiger partial charge in [-0.15, -0.1) is 0 Å². The molecule has 0 N–H and O–H groups in total. The Morgan fingerprint density at radius 3 is 2.94 bits per heavy atom. The van der Waals surface area contributed by atoms with Gasteiger partial charge in [0, 0.05) is 6.61 Å². The van der Waals surface area contributed by atoms with E-state index in [1.165, 1.54) is 0 Å². The van der Waals surface area contributed by atoms with E-state index in [0.29, 0.717) is 24.9 Å². The Bertz CT molecular complexity index is 343. The number of Topliss-reactive ketones (excluding diaryl/α,β-unsaturated/α-hetero) is 1. The Labute approximate surface area is 96.1 Å². The molecule has 0 spiro atoms. The molecule has 0 aromatic heterocycles. The molecule has 3 heteroatoms. The van der Waals surface area contributed by atoms with Crippen LogP contribution in [-0.4, -0.2) is 24.6 Å². The maximum atomic E-state index is 12.3. The molecule has 2 aliphatic carbocycles. The van der Waals surface area contributed by atoms with Crippen molar-refractivity contribution in [2.45, 2.75) is 32.3 Å². The average Bonchev–Trinajstić information content (AvgIpc) is 2.27. The van der Waals surface area contributed by atoms with Gasteiger partial charge in [0.15, 0.2) is 11.4 Å². The molecule has 2 atom stereocenters. The van der Waals surface area contributed by atoms with Crippen LogP contribution in [0.25, 0.3) is 0 Å². The third-order valence-electron chi connectivity index (χ3n) is 3.09. The Kier molecular flexibility index (Phi) is 3.15. The second-order valence-electron chi connectivity index (χ2n) is 4.22. The van der Waals surface area contributed by atoms with Gasteiger partial charge in [0.25, 0.3) is 0 Å². The fraction of sp³-hybridized carbons (Fsp3) is 0.615. The zero-order valence-corrected chi connectivity index (χ0v) is 9.86. The van der Waals surface area contributed by atoms with Crippen molar-refractivity contribution in [3.8, 4) is 0 Å². The largest absolute Gasteiger partial charge is 0.490 e. The zero-order chi connectivity index (χ0) is 11.6. The Hall–Kier alpha value is -1.09. The van der Waals surface area contributed by atoms with Gasteiger partial charge in [0.1, 0.15) is 0 Å². The highest BCUT2D eigenvalue weighted by atomic mass is 16.5. The number of fused-ring (bicyclic) bond motifs is 2. The SMILES string of the molecule is CCOC1=C[C@@H]2CC=C[C@@](OCC)(C2)C1=O. The fourth-order valence-corrected chi connectivity index (χ4v) is 2.47. The number of carbonyl (C=O) groups is 1.